The fraction of sp³-hybridized carbons (Fsp3) is 0.529. The molecule has 0 spiro atoms. The summed E-state index contributed by atoms with van der Waals surface area (Å²) >= 11 is 0. The lowest BCUT2D eigenvalue weighted by atomic mass is 9.78. The second kappa shape index (κ2) is 7.40. The fourth-order valence-electron chi connectivity index (χ4n) is 3.14. The van der Waals surface area contributed by atoms with Crippen LogP contribution >= 0.6 is 0 Å². The Labute approximate surface area is 131 Å². The van der Waals surface area contributed by atoms with Crippen LogP contribution in [0.2, 0.25) is 0 Å². The highest BCUT2D eigenvalue weighted by molar-refractivity contribution is 5.94. The minimum absolute atomic E-state index is 0.0164. The summed E-state index contributed by atoms with van der Waals surface area (Å²) in [5.74, 6) is 0.902. The van der Waals surface area contributed by atoms with Crippen molar-refractivity contribution >= 4 is 17.5 Å². The lowest BCUT2D eigenvalue weighted by Gasteiger charge is -2.31. The van der Waals surface area contributed by atoms with Gasteiger partial charge in [0, 0.05) is 17.2 Å². The van der Waals surface area contributed by atoms with E-state index in [-0.39, 0.29) is 5.91 Å². The maximum atomic E-state index is 12.0. The number of rotatable bonds is 5. The van der Waals surface area contributed by atoms with E-state index in [9.17, 15) is 9.59 Å². The van der Waals surface area contributed by atoms with Crippen molar-refractivity contribution in [3.05, 3.63) is 29.8 Å². The third kappa shape index (κ3) is 4.31. The van der Waals surface area contributed by atoms with Crippen LogP contribution in [0.1, 0.15) is 43.5 Å². The summed E-state index contributed by atoms with van der Waals surface area (Å²) < 4.78 is 0. The second-order valence-corrected chi connectivity index (χ2v) is 6.36. The van der Waals surface area contributed by atoms with E-state index in [1.807, 2.05) is 0 Å². The molecule has 5 N–H and O–H groups in total. The van der Waals surface area contributed by atoms with Crippen LogP contribution < -0.4 is 16.4 Å². The normalized spacial score (nSPS) is 24.7. The number of primary amides is 1. The van der Waals surface area contributed by atoms with E-state index in [1.165, 1.54) is 19.3 Å². The van der Waals surface area contributed by atoms with Crippen molar-refractivity contribution < 1.29 is 14.9 Å². The molecule has 1 fully saturated rings. The topological polar surface area (TPSA) is 88.8 Å². The van der Waals surface area contributed by atoms with Gasteiger partial charge in [0.15, 0.2) is 6.54 Å². The molecular weight excluding hydrogens is 278 g/mol. The van der Waals surface area contributed by atoms with E-state index < -0.39 is 5.91 Å². The predicted molar refractivity (Wildman–Crippen MR) is 86.3 cm³/mol. The van der Waals surface area contributed by atoms with Gasteiger partial charge in [-0.3, -0.25) is 9.59 Å². The van der Waals surface area contributed by atoms with Crippen LogP contribution in [0.15, 0.2) is 24.3 Å². The summed E-state index contributed by atoms with van der Waals surface area (Å²) in [6, 6.07) is 7.16. The van der Waals surface area contributed by atoms with Crippen LogP contribution in [0, 0.1) is 11.8 Å². The number of carbonyl (C=O) groups is 2. The molecule has 0 heterocycles. The van der Waals surface area contributed by atoms with E-state index in [2.05, 4.69) is 24.5 Å². The molecule has 120 valence electrons. The Balaban J connectivity index is 1.81. The van der Waals surface area contributed by atoms with E-state index in [4.69, 9.17) is 5.73 Å². The lowest BCUT2D eigenvalue weighted by Crippen LogP contribution is -2.93. The Morgan fingerprint density at radius 3 is 2.55 bits per heavy atom. The number of benzene rings is 1. The van der Waals surface area contributed by atoms with E-state index in [0.29, 0.717) is 29.8 Å². The van der Waals surface area contributed by atoms with Crippen molar-refractivity contribution in [2.45, 2.75) is 39.2 Å². The maximum Gasteiger partial charge on any atom is 0.279 e. The first-order valence-electron chi connectivity index (χ1n) is 8.00. The third-order valence-electron chi connectivity index (χ3n) is 4.83. The van der Waals surface area contributed by atoms with Crippen LogP contribution in [0.25, 0.3) is 0 Å². The van der Waals surface area contributed by atoms with Crippen molar-refractivity contribution in [1.82, 2.24) is 0 Å². The molecule has 2 rings (SSSR count). The van der Waals surface area contributed by atoms with Crippen molar-refractivity contribution in [2.75, 3.05) is 11.9 Å². The average molecular weight is 304 g/mol. The van der Waals surface area contributed by atoms with Crippen LogP contribution in [-0.4, -0.2) is 24.4 Å². The van der Waals surface area contributed by atoms with Gasteiger partial charge in [-0.2, -0.15) is 0 Å². The zero-order valence-electron chi connectivity index (χ0n) is 13.3. The monoisotopic (exact) mass is 304 g/mol. The third-order valence-corrected chi connectivity index (χ3v) is 4.83. The molecule has 0 unspecified atom stereocenters. The average Bonchev–Trinajstić information content (AvgIpc) is 2.49. The number of amides is 2. The fourth-order valence-corrected chi connectivity index (χ4v) is 3.14. The lowest BCUT2D eigenvalue weighted by molar-refractivity contribution is -0.688. The molecule has 22 heavy (non-hydrogen) atoms. The minimum Gasteiger partial charge on any atom is -0.366 e. The van der Waals surface area contributed by atoms with E-state index in [0.717, 1.165) is 5.92 Å². The zero-order valence-corrected chi connectivity index (χ0v) is 13.3. The van der Waals surface area contributed by atoms with Gasteiger partial charge in [0.2, 0.25) is 5.91 Å². The van der Waals surface area contributed by atoms with Crippen LogP contribution in [0.3, 0.4) is 0 Å². The Morgan fingerprint density at radius 2 is 1.91 bits per heavy atom. The van der Waals surface area contributed by atoms with Gasteiger partial charge < -0.3 is 16.4 Å². The molecule has 0 bridgehead atoms. The quantitative estimate of drug-likeness (QED) is 0.761. The van der Waals surface area contributed by atoms with E-state index >= 15 is 0 Å². The SMILES string of the molecule is C[C@@H]1[C@@H](C)CCC[C@H]1[NH2+]CC(=O)Nc1ccc(C(N)=O)cc1. The molecule has 5 nitrogen and oxygen atoms in total. The number of nitrogens with one attached hydrogen (secondary N) is 1. The Hall–Kier alpha value is -1.88. The first kappa shape index (κ1) is 16.5. The van der Waals surface area contributed by atoms with Gasteiger partial charge in [-0.1, -0.05) is 13.8 Å². The molecule has 1 aliphatic rings. The Kier molecular flexibility index (Phi) is 5.55. The number of quaternary nitrogens is 1. The predicted octanol–water partition coefficient (Wildman–Crippen LogP) is 1.11. The Bertz CT molecular complexity index is 527. The number of anilines is 1. The molecule has 0 aliphatic heterocycles. The molecule has 5 heteroatoms. The maximum absolute atomic E-state index is 12.0. The molecule has 0 saturated heterocycles. The van der Waals surface area contributed by atoms with Crippen molar-refractivity contribution in [3.63, 3.8) is 0 Å². The molecule has 2 amide bonds. The second-order valence-electron chi connectivity index (χ2n) is 6.36. The number of hydrogen-bond acceptors (Lipinski definition) is 2. The molecule has 0 radical (unpaired) electrons. The molecule has 1 aliphatic carbocycles. The first-order chi connectivity index (χ1) is 10.5. The summed E-state index contributed by atoms with van der Waals surface area (Å²) in [4.78, 5) is 23.0. The molecular formula is C17H26N3O2+. The van der Waals surface area contributed by atoms with Gasteiger partial charge in [-0.25, -0.2) is 0 Å². The van der Waals surface area contributed by atoms with E-state index in [1.54, 1.807) is 24.3 Å². The molecule has 1 aromatic rings. The summed E-state index contributed by atoms with van der Waals surface area (Å²) in [6.07, 6.45) is 3.74. The zero-order chi connectivity index (χ0) is 16.1. The summed E-state index contributed by atoms with van der Waals surface area (Å²) in [5, 5.41) is 5.01. The summed E-state index contributed by atoms with van der Waals surface area (Å²) in [7, 11) is 0. The minimum atomic E-state index is -0.466. The van der Waals surface area contributed by atoms with Crippen LogP contribution in [0.5, 0.6) is 0 Å². The van der Waals surface area contributed by atoms with Gasteiger partial charge >= 0.3 is 0 Å². The molecule has 1 saturated carbocycles. The van der Waals surface area contributed by atoms with Gasteiger partial charge in [-0.05, 0) is 49.4 Å². The van der Waals surface area contributed by atoms with Crippen molar-refractivity contribution in [3.8, 4) is 0 Å². The highest BCUT2D eigenvalue weighted by atomic mass is 16.2. The van der Waals surface area contributed by atoms with Gasteiger partial charge in [0.1, 0.15) is 0 Å². The number of hydrogen-bond donors (Lipinski definition) is 3. The standard InChI is InChI=1S/C17H25N3O2/c1-11-4-3-5-15(12(11)2)19-10-16(21)20-14-8-6-13(7-9-14)17(18)22/h6-9,11-12,15,19H,3-5,10H2,1-2H3,(H2,18,22)(H,20,21)/p+1/t11-,12+,15+/m0/s1. The Morgan fingerprint density at radius 1 is 1.23 bits per heavy atom. The highest BCUT2D eigenvalue weighted by Crippen LogP contribution is 2.27. The number of carbonyl (C=O) groups excluding carboxylic acids is 2. The smallest absolute Gasteiger partial charge is 0.279 e. The van der Waals surface area contributed by atoms with Crippen molar-refractivity contribution in [2.24, 2.45) is 17.6 Å². The molecule has 1 aromatic carbocycles. The van der Waals surface area contributed by atoms with Gasteiger partial charge in [0.25, 0.3) is 5.91 Å². The van der Waals surface area contributed by atoms with Gasteiger partial charge in [-0.15, -0.1) is 0 Å². The van der Waals surface area contributed by atoms with Gasteiger partial charge in [0.05, 0.1) is 6.04 Å². The largest absolute Gasteiger partial charge is 0.366 e. The molecule has 0 aromatic heterocycles. The molecule has 3 atom stereocenters. The summed E-state index contributed by atoms with van der Waals surface area (Å²) in [6.45, 7) is 5.01. The number of nitrogens with two attached hydrogens (primary N) is 2. The van der Waals surface area contributed by atoms with Crippen LogP contribution in [0.4, 0.5) is 5.69 Å². The first-order valence-corrected chi connectivity index (χ1v) is 8.00. The summed E-state index contributed by atoms with van der Waals surface area (Å²) in [5.41, 5.74) is 6.32. The van der Waals surface area contributed by atoms with Crippen LogP contribution in [-0.2, 0) is 4.79 Å². The van der Waals surface area contributed by atoms with Crippen molar-refractivity contribution in [1.29, 1.82) is 0 Å². The highest BCUT2D eigenvalue weighted by Gasteiger charge is 2.29.